The first-order valence-electron chi connectivity index (χ1n) is 6.76. The van der Waals surface area contributed by atoms with Crippen molar-refractivity contribution >= 4 is 34.5 Å². The summed E-state index contributed by atoms with van der Waals surface area (Å²) >= 11 is 5.90. The van der Waals surface area contributed by atoms with Crippen LogP contribution in [0.5, 0.6) is 0 Å². The molecule has 0 aliphatic rings. The molecule has 0 radical (unpaired) electrons. The van der Waals surface area contributed by atoms with E-state index in [1.165, 1.54) is 0 Å². The van der Waals surface area contributed by atoms with Gasteiger partial charge in [0.2, 0.25) is 0 Å². The fraction of sp³-hybridized carbons (Fsp3) is 0. The van der Waals surface area contributed by atoms with Crippen LogP contribution in [0.15, 0.2) is 83.2 Å². The Kier molecular flexibility index (Phi) is 4.41. The molecular weight excluding hydrogens is 296 g/mol. The van der Waals surface area contributed by atoms with Crippen molar-refractivity contribution in [3.63, 3.8) is 0 Å². The zero-order valence-corrected chi connectivity index (χ0v) is 12.4. The number of nitrogens with one attached hydrogen (secondary N) is 1. The van der Waals surface area contributed by atoms with Gasteiger partial charge in [-0.15, -0.1) is 10.2 Å². The number of halogens is 1. The van der Waals surface area contributed by atoms with E-state index in [1.54, 1.807) is 12.3 Å². The molecule has 0 bridgehead atoms. The van der Waals surface area contributed by atoms with Crippen molar-refractivity contribution in [1.29, 1.82) is 0 Å². The average molecular weight is 309 g/mol. The molecule has 108 valence electrons. The number of azo groups is 1. The molecule has 0 amide bonds. The number of hydrogen-bond donors (Lipinski definition) is 1. The molecule has 0 atom stereocenters. The minimum atomic E-state index is 0.573. The lowest BCUT2D eigenvalue weighted by molar-refractivity contribution is 1.15. The molecule has 3 aromatic rings. The average Bonchev–Trinajstić information content (AvgIpc) is 2.57. The first-order valence-corrected chi connectivity index (χ1v) is 7.13. The van der Waals surface area contributed by atoms with Crippen molar-refractivity contribution in [3.8, 4) is 0 Å². The first kappa shape index (κ1) is 14.2. The second kappa shape index (κ2) is 6.83. The highest BCUT2D eigenvalue weighted by Gasteiger charge is 2.01. The van der Waals surface area contributed by atoms with Crippen LogP contribution in [0.2, 0.25) is 5.02 Å². The molecule has 5 heteroatoms. The molecule has 2 aromatic carbocycles. The highest BCUT2D eigenvalue weighted by atomic mass is 35.5. The first-order chi connectivity index (χ1) is 10.8. The summed E-state index contributed by atoms with van der Waals surface area (Å²) in [5.74, 6) is 0.573. The maximum atomic E-state index is 5.90. The molecular formula is C17H13ClN4. The third-order valence-electron chi connectivity index (χ3n) is 2.94. The van der Waals surface area contributed by atoms with Crippen LogP contribution >= 0.6 is 11.6 Å². The van der Waals surface area contributed by atoms with Gasteiger partial charge in [-0.25, -0.2) is 4.98 Å². The van der Waals surface area contributed by atoms with Crippen LogP contribution < -0.4 is 5.32 Å². The van der Waals surface area contributed by atoms with Gasteiger partial charge in [-0.3, -0.25) is 0 Å². The Morgan fingerprint density at radius 1 is 0.818 bits per heavy atom. The van der Waals surface area contributed by atoms with E-state index in [2.05, 4.69) is 20.5 Å². The maximum absolute atomic E-state index is 5.90. The summed E-state index contributed by atoms with van der Waals surface area (Å²) in [7, 11) is 0. The molecule has 1 aromatic heterocycles. The highest BCUT2D eigenvalue weighted by Crippen LogP contribution is 2.29. The normalized spacial score (nSPS) is 10.8. The van der Waals surface area contributed by atoms with Gasteiger partial charge in [-0.1, -0.05) is 29.8 Å². The van der Waals surface area contributed by atoms with E-state index in [9.17, 15) is 0 Å². The maximum Gasteiger partial charge on any atom is 0.174 e. The highest BCUT2D eigenvalue weighted by molar-refractivity contribution is 6.30. The third kappa shape index (κ3) is 3.68. The fourth-order valence-corrected chi connectivity index (χ4v) is 2.00. The monoisotopic (exact) mass is 308 g/mol. The Hall–Kier alpha value is -2.72. The molecule has 0 saturated carbocycles. The van der Waals surface area contributed by atoms with Gasteiger partial charge >= 0.3 is 0 Å². The van der Waals surface area contributed by atoms with Crippen molar-refractivity contribution in [2.24, 2.45) is 10.2 Å². The van der Waals surface area contributed by atoms with Crippen LogP contribution in [0.1, 0.15) is 0 Å². The van der Waals surface area contributed by atoms with E-state index in [-0.39, 0.29) is 0 Å². The van der Waals surface area contributed by atoms with Crippen LogP contribution in [0, 0.1) is 0 Å². The molecule has 0 saturated heterocycles. The van der Waals surface area contributed by atoms with Crippen LogP contribution in [-0.2, 0) is 0 Å². The summed E-state index contributed by atoms with van der Waals surface area (Å²) in [4.78, 5) is 4.12. The van der Waals surface area contributed by atoms with E-state index in [1.807, 2.05) is 60.7 Å². The lowest BCUT2D eigenvalue weighted by Crippen LogP contribution is -1.89. The Morgan fingerprint density at radius 2 is 1.59 bits per heavy atom. The molecule has 1 heterocycles. The second-order valence-electron chi connectivity index (χ2n) is 4.54. The quantitative estimate of drug-likeness (QED) is 0.610. The number of aromatic nitrogens is 1. The van der Waals surface area contributed by atoms with Crippen LogP contribution in [0.25, 0.3) is 0 Å². The number of benzene rings is 2. The summed E-state index contributed by atoms with van der Waals surface area (Å²) < 4.78 is 0. The van der Waals surface area contributed by atoms with Gasteiger partial charge < -0.3 is 5.32 Å². The van der Waals surface area contributed by atoms with E-state index in [0.717, 1.165) is 17.1 Å². The number of pyridine rings is 1. The van der Waals surface area contributed by atoms with Crippen molar-refractivity contribution in [2.45, 2.75) is 0 Å². The van der Waals surface area contributed by atoms with Crippen molar-refractivity contribution < 1.29 is 0 Å². The molecule has 4 nitrogen and oxygen atoms in total. The number of anilines is 2. The molecule has 1 N–H and O–H groups in total. The summed E-state index contributed by atoms with van der Waals surface area (Å²) in [5, 5.41) is 12.4. The smallest absolute Gasteiger partial charge is 0.174 e. The Balaban J connectivity index is 1.83. The molecule has 0 fully saturated rings. The Bertz CT molecular complexity index is 770. The standard InChI is InChI=1S/C17H13ClN4/c18-13-8-10-14(11-9-13)20-15-5-1-2-6-16(15)21-22-17-7-3-4-12-19-17/h1-12,20H. The van der Waals surface area contributed by atoms with Gasteiger partial charge in [-0.2, -0.15) is 0 Å². The number of nitrogens with zero attached hydrogens (tertiary/aromatic N) is 3. The van der Waals surface area contributed by atoms with E-state index in [4.69, 9.17) is 11.6 Å². The van der Waals surface area contributed by atoms with Gasteiger partial charge in [0, 0.05) is 16.9 Å². The fourth-order valence-electron chi connectivity index (χ4n) is 1.87. The minimum Gasteiger partial charge on any atom is -0.354 e. The molecule has 3 rings (SSSR count). The molecule has 0 unspecified atom stereocenters. The summed E-state index contributed by atoms with van der Waals surface area (Å²) in [6, 6.07) is 20.7. The van der Waals surface area contributed by atoms with Crippen molar-refractivity contribution in [3.05, 3.63) is 77.9 Å². The summed E-state index contributed by atoms with van der Waals surface area (Å²) in [6.45, 7) is 0. The van der Waals surface area contributed by atoms with Gasteiger partial charge in [0.25, 0.3) is 0 Å². The van der Waals surface area contributed by atoms with Crippen LogP contribution in [-0.4, -0.2) is 4.98 Å². The van der Waals surface area contributed by atoms with Crippen molar-refractivity contribution in [2.75, 3.05) is 5.32 Å². The minimum absolute atomic E-state index is 0.573. The van der Waals surface area contributed by atoms with E-state index >= 15 is 0 Å². The largest absolute Gasteiger partial charge is 0.354 e. The van der Waals surface area contributed by atoms with Crippen molar-refractivity contribution in [1.82, 2.24) is 4.98 Å². The van der Waals surface area contributed by atoms with Gasteiger partial charge in [-0.05, 0) is 48.5 Å². The van der Waals surface area contributed by atoms with Gasteiger partial charge in [0.1, 0.15) is 5.69 Å². The Labute approximate surface area is 133 Å². The van der Waals surface area contributed by atoms with Gasteiger partial charge in [0.15, 0.2) is 5.82 Å². The zero-order valence-electron chi connectivity index (χ0n) is 11.6. The molecule has 0 spiro atoms. The topological polar surface area (TPSA) is 49.6 Å². The summed E-state index contributed by atoms with van der Waals surface area (Å²) in [6.07, 6.45) is 1.69. The van der Waals surface area contributed by atoms with Crippen LogP contribution in [0.4, 0.5) is 22.9 Å². The number of para-hydroxylation sites is 1. The van der Waals surface area contributed by atoms with Crippen LogP contribution in [0.3, 0.4) is 0 Å². The lowest BCUT2D eigenvalue weighted by Gasteiger charge is -2.08. The SMILES string of the molecule is Clc1ccc(Nc2ccccc2N=Nc2ccccn2)cc1. The third-order valence-corrected chi connectivity index (χ3v) is 3.19. The second-order valence-corrected chi connectivity index (χ2v) is 4.97. The lowest BCUT2D eigenvalue weighted by atomic mass is 10.2. The molecule has 0 aliphatic carbocycles. The molecule has 22 heavy (non-hydrogen) atoms. The Morgan fingerprint density at radius 3 is 2.36 bits per heavy atom. The zero-order chi connectivity index (χ0) is 15.2. The predicted molar refractivity (Wildman–Crippen MR) is 89.6 cm³/mol. The molecule has 0 aliphatic heterocycles. The number of hydrogen-bond acceptors (Lipinski definition) is 4. The van der Waals surface area contributed by atoms with E-state index in [0.29, 0.717) is 10.8 Å². The summed E-state index contributed by atoms with van der Waals surface area (Å²) in [5.41, 5.74) is 2.54. The van der Waals surface area contributed by atoms with E-state index < -0.39 is 0 Å². The number of rotatable bonds is 4. The van der Waals surface area contributed by atoms with Gasteiger partial charge in [0.05, 0.1) is 5.69 Å². The predicted octanol–water partition coefficient (Wildman–Crippen LogP) is 5.89.